The molecule has 0 rings (SSSR count). The van der Waals surface area contributed by atoms with Crippen molar-refractivity contribution in [2.24, 2.45) is 0 Å². The summed E-state index contributed by atoms with van der Waals surface area (Å²) in [6.45, 7) is 2.35. The molecule has 0 amide bonds. The zero-order valence-corrected chi connectivity index (χ0v) is 7.14. The molecule has 0 unspecified atom stereocenters. The molecule has 0 bridgehead atoms. The van der Waals surface area contributed by atoms with Gasteiger partial charge in [0.2, 0.25) is 0 Å². The number of aliphatic hydroxyl groups excluding tert-OH is 1. The van der Waals surface area contributed by atoms with E-state index in [2.05, 4.69) is 18.9 Å². The lowest BCUT2D eigenvalue weighted by molar-refractivity contribution is 0.288. The molecule has 0 aromatic heterocycles. The Kier molecular flexibility index (Phi) is 6.87. The molecule has 0 aromatic carbocycles. The molecule has 1 nitrogen and oxygen atoms in total. The molecule has 0 aliphatic rings. The second kappa shape index (κ2) is 7.37. The Bertz CT molecular complexity index is 151. The number of hydrogen-bond donors (Lipinski definition) is 1. The highest BCUT2D eigenvalue weighted by atomic mass is 16.2. The van der Waals surface area contributed by atoms with Crippen LogP contribution in [0, 0.1) is 12.3 Å². The normalized spacial score (nSPS) is 11.2. The van der Waals surface area contributed by atoms with Gasteiger partial charge in [-0.05, 0) is 26.2 Å². The molecule has 62 valence electrons. The highest BCUT2D eigenvalue weighted by Crippen LogP contribution is 2.05. The average molecular weight is 152 g/mol. The highest BCUT2D eigenvalue weighted by Gasteiger charge is 1.88. The third-order valence-electron chi connectivity index (χ3n) is 1.51. The maximum Gasteiger partial charge on any atom is 0.0434 e. The van der Waals surface area contributed by atoms with Gasteiger partial charge in [0.15, 0.2) is 0 Å². The highest BCUT2D eigenvalue weighted by molar-refractivity contribution is 4.99. The van der Waals surface area contributed by atoms with E-state index in [-0.39, 0.29) is 6.61 Å². The predicted octanol–water partition coefficient (Wildman–Crippen LogP) is 2.12. The van der Waals surface area contributed by atoms with Crippen LogP contribution >= 0.6 is 0 Å². The topological polar surface area (TPSA) is 20.2 Å². The van der Waals surface area contributed by atoms with Gasteiger partial charge in [0.25, 0.3) is 0 Å². The monoisotopic (exact) mass is 152 g/mol. The van der Waals surface area contributed by atoms with Crippen molar-refractivity contribution in [3.8, 4) is 12.3 Å². The van der Waals surface area contributed by atoms with Crippen LogP contribution in [0.15, 0.2) is 11.6 Å². The van der Waals surface area contributed by atoms with Gasteiger partial charge in [-0.15, -0.1) is 12.3 Å². The summed E-state index contributed by atoms with van der Waals surface area (Å²) in [4.78, 5) is 0. The number of aliphatic hydroxyl groups is 1. The molecular weight excluding hydrogens is 136 g/mol. The molecule has 11 heavy (non-hydrogen) atoms. The second-order valence-electron chi connectivity index (χ2n) is 2.62. The molecule has 0 radical (unpaired) electrons. The fourth-order valence-electron chi connectivity index (χ4n) is 0.862. The van der Waals surface area contributed by atoms with Crippen LogP contribution in [-0.2, 0) is 0 Å². The first-order chi connectivity index (χ1) is 5.31. The van der Waals surface area contributed by atoms with Crippen molar-refractivity contribution in [2.45, 2.75) is 32.6 Å². The number of unbranched alkanes of at least 4 members (excludes halogenated alkanes) is 1. The van der Waals surface area contributed by atoms with Crippen LogP contribution in [0.4, 0.5) is 0 Å². The summed E-state index contributed by atoms with van der Waals surface area (Å²) in [6.07, 6.45) is 10.9. The summed E-state index contributed by atoms with van der Waals surface area (Å²) in [5.74, 6) is 2.59. The molecule has 0 aromatic rings. The molecule has 0 aliphatic carbocycles. The minimum absolute atomic E-state index is 0.278. The van der Waals surface area contributed by atoms with Crippen molar-refractivity contribution < 1.29 is 5.11 Å². The van der Waals surface area contributed by atoms with E-state index in [1.807, 2.05) is 0 Å². The first-order valence-corrected chi connectivity index (χ1v) is 4.01. The molecule has 0 atom stereocenters. The number of terminal acetylenes is 1. The van der Waals surface area contributed by atoms with Gasteiger partial charge >= 0.3 is 0 Å². The quantitative estimate of drug-likeness (QED) is 0.363. The molecular formula is C10H16O. The third kappa shape index (κ3) is 7.15. The maximum absolute atomic E-state index is 8.53. The first-order valence-electron chi connectivity index (χ1n) is 4.01. The van der Waals surface area contributed by atoms with Crippen molar-refractivity contribution in [1.82, 2.24) is 0 Å². The van der Waals surface area contributed by atoms with E-state index in [9.17, 15) is 0 Å². The Balaban J connectivity index is 3.39. The lowest BCUT2D eigenvalue weighted by atomic mass is 10.1. The zero-order valence-electron chi connectivity index (χ0n) is 7.14. The van der Waals surface area contributed by atoms with Crippen molar-refractivity contribution >= 4 is 0 Å². The molecule has 1 heteroatoms. The summed E-state index contributed by atoms with van der Waals surface area (Å²) in [5, 5.41) is 8.53. The van der Waals surface area contributed by atoms with Crippen LogP contribution in [0.5, 0.6) is 0 Å². The van der Waals surface area contributed by atoms with Crippen LogP contribution in [0.2, 0.25) is 0 Å². The summed E-state index contributed by atoms with van der Waals surface area (Å²) in [7, 11) is 0. The van der Waals surface area contributed by atoms with E-state index in [0.717, 1.165) is 25.7 Å². The van der Waals surface area contributed by atoms with E-state index in [1.54, 1.807) is 0 Å². The van der Waals surface area contributed by atoms with E-state index < -0.39 is 0 Å². The SMILES string of the molecule is C#CCC/C=C(\C)CCCO. The van der Waals surface area contributed by atoms with Gasteiger partial charge in [-0.1, -0.05) is 11.6 Å². The van der Waals surface area contributed by atoms with E-state index in [0.29, 0.717) is 0 Å². The Hall–Kier alpha value is -0.740. The van der Waals surface area contributed by atoms with Gasteiger partial charge in [0, 0.05) is 13.0 Å². The molecule has 1 N–H and O–H groups in total. The predicted molar refractivity (Wildman–Crippen MR) is 48.1 cm³/mol. The van der Waals surface area contributed by atoms with Crippen molar-refractivity contribution in [3.63, 3.8) is 0 Å². The Morgan fingerprint density at radius 3 is 2.91 bits per heavy atom. The maximum atomic E-state index is 8.53. The van der Waals surface area contributed by atoms with Crippen LogP contribution < -0.4 is 0 Å². The Labute approximate surface area is 69.1 Å². The van der Waals surface area contributed by atoms with Gasteiger partial charge in [0.1, 0.15) is 0 Å². The summed E-state index contributed by atoms with van der Waals surface area (Å²) >= 11 is 0. The fraction of sp³-hybridized carbons (Fsp3) is 0.600. The average Bonchev–Trinajstić information content (AvgIpc) is 2.01. The molecule has 0 spiro atoms. The molecule has 0 saturated heterocycles. The fourth-order valence-corrected chi connectivity index (χ4v) is 0.862. The molecule has 0 saturated carbocycles. The van der Waals surface area contributed by atoms with E-state index in [1.165, 1.54) is 5.57 Å². The summed E-state index contributed by atoms with van der Waals surface area (Å²) < 4.78 is 0. The standard InChI is InChI=1S/C10H16O/c1-3-4-5-7-10(2)8-6-9-11/h1,7,11H,4-6,8-9H2,2H3/b10-7+. The van der Waals surface area contributed by atoms with Gasteiger partial charge < -0.3 is 5.11 Å². The van der Waals surface area contributed by atoms with E-state index >= 15 is 0 Å². The number of rotatable bonds is 5. The molecule has 0 fully saturated rings. The van der Waals surface area contributed by atoms with Gasteiger partial charge in [-0.2, -0.15) is 0 Å². The van der Waals surface area contributed by atoms with Gasteiger partial charge in [-0.3, -0.25) is 0 Å². The minimum Gasteiger partial charge on any atom is -0.396 e. The summed E-state index contributed by atoms with van der Waals surface area (Å²) in [5.41, 5.74) is 1.33. The lowest BCUT2D eigenvalue weighted by Gasteiger charge is -1.97. The minimum atomic E-state index is 0.278. The molecule has 0 aliphatic heterocycles. The van der Waals surface area contributed by atoms with Crippen LogP contribution in [0.1, 0.15) is 32.6 Å². The van der Waals surface area contributed by atoms with Crippen LogP contribution in [0.25, 0.3) is 0 Å². The Morgan fingerprint density at radius 2 is 2.36 bits per heavy atom. The van der Waals surface area contributed by atoms with E-state index in [4.69, 9.17) is 11.5 Å². The smallest absolute Gasteiger partial charge is 0.0434 e. The number of allylic oxidation sites excluding steroid dienone is 2. The Morgan fingerprint density at radius 1 is 1.64 bits per heavy atom. The third-order valence-corrected chi connectivity index (χ3v) is 1.51. The van der Waals surface area contributed by atoms with Crippen LogP contribution in [0.3, 0.4) is 0 Å². The van der Waals surface area contributed by atoms with Gasteiger partial charge in [-0.25, -0.2) is 0 Å². The van der Waals surface area contributed by atoms with Crippen molar-refractivity contribution in [3.05, 3.63) is 11.6 Å². The summed E-state index contributed by atoms with van der Waals surface area (Å²) in [6, 6.07) is 0. The lowest BCUT2D eigenvalue weighted by Crippen LogP contribution is -1.83. The van der Waals surface area contributed by atoms with Crippen molar-refractivity contribution in [2.75, 3.05) is 6.61 Å². The van der Waals surface area contributed by atoms with Crippen LogP contribution in [-0.4, -0.2) is 11.7 Å². The molecule has 0 heterocycles. The largest absolute Gasteiger partial charge is 0.396 e. The number of hydrogen-bond acceptors (Lipinski definition) is 1. The second-order valence-corrected chi connectivity index (χ2v) is 2.62. The van der Waals surface area contributed by atoms with Gasteiger partial charge in [0.05, 0.1) is 0 Å². The first kappa shape index (κ1) is 10.3. The zero-order chi connectivity index (χ0) is 8.53. The van der Waals surface area contributed by atoms with Crippen molar-refractivity contribution in [1.29, 1.82) is 0 Å².